The van der Waals surface area contributed by atoms with Crippen LogP contribution in [-0.4, -0.2) is 38.2 Å². The number of rotatable bonds is 5. The van der Waals surface area contributed by atoms with Gasteiger partial charge in [-0.2, -0.15) is 0 Å². The fourth-order valence-corrected chi connectivity index (χ4v) is 4.08. The van der Waals surface area contributed by atoms with Gasteiger partial charge in [0.2, 0.25) is 0 Å². The third kappa shape index (κ3) is 3.98. The lowest BCUT2D eigenvalue weighted by Gasteiger charge is -2.28. The van der Waals surface area contributed by atoms with E-state index in [4.69, 9.17) is 4.74 Å². The second-order valence-corrected chi connectivity index (χ2v) is 7.84. The largest absolute Gasteiger partial charge is 0.497 e. The number of non-ortho nitro benzene ring substituents is 1. The average Bonchev–Trinajstić information content (AvgIpc) is 3.02. The smallest absolute Gasteiger partial charge is 0.270 e. The SMILES string of the molecule is COc1ccc(N(C(=O)c2cccc([N+](=O)[O-])c2)C2C=CS(=O)(=O)C2)cc1. The molecule has 0 fully saturated rings. The van der Waals surface area contributed by atoms with E-state index in [1.54, 1.807) is 24.3 Å². The Hall–Kier alpha value is -3.20. The zero-order valence-corrected chi connectivity index (χ0v) is 15.1. The molecule has 0 bridgehead atoms. The highest BCUT2D eigenvalue weighted by molar-refractivity contribution is 7.94. The van der Waals surface area contributed by atoms with Gasteiger partial charge >= 0.3 is 0 Å². The van der Waals surface area contributed by atoms with Gasteiger partial charge in [-0.05, 0) is 36.4 Å². The Morgan fingerprint density at radius 2 is 1.93 bits per heavy atom. The maximum atomic E-state index is 13.1. The van der Waals surface area contributed by atoms with Crippen LogP contribution in [0.4, 0.5) is 11.4 Å². The first-order chi connectivity index (χ1) is 12.8. The number of carbonyl (C=O) groups is 1. The third-order valence-corrected chi connectivity index (χ3v) is 5.49. The third-order valence-electron chi connectivity index (χ3n) is 4.12. The minimum atomic E-state index is -3.41. The van der Waals surface area contributed by atoms with Crippen LogP contribution in [0.5, 0.6) is 5.75 Å². The van der Waals surface area contributed by atoms with Crippen molar-refractivity contribution >= 4 is 27.1 Å². The minimum absolute atomic E-state index is 0.0951. The molecule has 0 saturated carbocycles. The zero-order chi connectivity index (χ0) is 19.6. The van der Waals surface area contributed by atoms with Crippen LogP contribution >= 0.6 is 0 Å². The molecule has 1 unspecified atom stereocenters. The summed E-state index contributed by atoms with van der Waals surface area (Å²) in [6.45, 7) is 0. The summed E-state index contributed by atoms with van der Waals surface area (Å²) in [5.74, 6) is -0.202. The van der Waals surface area contributed by atoms with Gasteiger partial charge in [0.05, 0.1) is 23.8 Å². The highest BCUT2D eigenvalue weighted by Crippen LogP contribution is 2.27. The van der Waals surface area contributed by atoms with Crippen LogP contribution in [-0.2, 0) is 9.84 Å². The quantitative estimate of drug-likeness (QED) is 0.575. The molecule has 1 amide bonds. The molecule has 2 aromatic rings. The number of amides is 1. The van der Waals surface area contributed by atoms with Crippen molar-refractivity contribution in [3.8, 4) is 5.75 Å². The summed E-state index contributed by atoms with van der Waals surface area (Å²) in [5, 5.41) is 12.1. The number of nitro benzene ring substituents is 1. The minimum Gasteiger partial charge on any atom is -0.497 e. The van der Waals surface area contributed by atoms with Crippen LogP contribution in [0.3, 0.4) is 0 Å². The van der Waals surface area contributed by atoms with E-state index in [0.29, 0.717) is 11.4 Å². The Morgan fingerprint density at radius 3 is 2.48 bits per heavy atom. The average molecular weight is 388 g/mol. The maximum Gasteiger partial charge on any atom is 0.270 e. The van der Waals surface area contributed by atoms with Gasteiger partial charge in [-0.3, -0.25) is 14.9 Å². The summed E-state index contributed by atoms with van der Waals surface area (Å²) in [6.07, 6.45) is 1.44. The van der Waals surface area contributed by atoms with Crippen molar-refractivity contribution in [3.63, 3.8) is 0 Å². The van der Waals surface area contributed by atoms with Gasteiger partial charge in [0.25, 0.3) is 11.6 Å². The number of carbonyl (C=O) groups excluding carboxylic acids is 1. The Balaban J connectivity index is 2.03. The normalized spacial score (nSPS) is 17.4. The molecule has 27 heavy (non-hydrogen) atoms. The van der Waals surface area contributed by atoms with Gasteiger partial charge in [-0.1, -0.05) is 6.07 Å². The van der Waals surface area contributed by atoms with Crippen molar-refractivity contribution in [2.24, 2.45) is 0 Å². The molecular formula is C18H16N2O6S. The van der Waals surface area contributed by atoms with Crippen molar-refractivity contribution < 1.29 is 22.9 Å². The van der Waals surface area contributed by atoms with E-state index >= 15 is 0 Å². The van der Waals surface area contributed by atoms with Crippen molar-refractivity contribution in [1.82, 2.24) is 0 Å². The summed E-state index contributed by atoms with van der Waals surface area (Å²) in [5.41, 5.74) is 0.335. The van der Waals surface area contributed by atoms with Crippen molar-refractivity contribution in [1.29, 1.82) is 0 Å². The fourth-order valence-electron chi connectivity index (χ4n) is 2.81. The van der Waals surface area contributed by atoms with Gasteiger partial charge in [-0.25, -0.2) is 8.42 Å². The predicted octanol–water partition coefficient (Wildman–Crippen LogP) is 2.56. The highest BCUT2D eigenvalue weighted by atomic mass is 32.2. The summed E-state index contributed by atoms with van der Waals surface area (Å²) in [4.78, 5) is 24.8. The Morgan fingerprint density at radius 1 is 1.22 bits per heavy atom. The van der Waals surface area contributed by atoms with Crippen LogP contribution < -0.4 is 9.64 Å². The summed E-state index contributed by atoms with van der Waals surface area (Å²) in [7, 11) is -1.90. The lowest BCUT2D eigenvalue weighted by Crippen LogP contribution is -2.41. The molecule has 0 radical (unpaired) electrons. The first-order valence-electron chi connectivity index (χ1n) is 7.94. The van der Waals surface area contributed by atoms with Gasteiger partial charge in [-0.15, -0.1) is 0 Å². The van der Waals surface area contributed by atoms with Crippen LogP contribution in [0.25, 0.3) is 0 Å². The summed E-state index contributed by atoms with van der Waals surface area (Å²) in [6, 6.07) is 11.2. The first-order valence-corrected chi connectivity index (χ1v) is 9.65. The second-order valence-electron chi connectivity index (χ2n) is 5.91. The van der Waals surface area contributed by atoms with E-state index in [0.717, 1.165) is 5.41 Å². The summed E-state index contributed by atoms with van der Waals surface area (Å²) >= 11 is 0. The number of nitro groups is 1. The van der Waals surface area contributed by atoms with Crippen LogP contribution in [0, 0.1) is 10.1 Å². The fraction of sp³-hybridized carbons (Fsp3) is 0.167. The van der Waals surface area contributed by atoms with E-state index in [9.17, 15) is 23.3 Å². The Bertz CT molecular complexity index is 1010. The number of nitrogens with zero attached hydrogens (tertiary/aromatic N) is 2. The number of benzene rings is 2. The Kier molecular flexibility index (Phi) is 4.95. The highest BCUT2D eigenvalue weighted by Gasteiger charge is 2.32. The number of sulfone groups is 1. The molecule has 0 spiro atoms. The molecule has 1 heterocycles. The number of methoxy groups -OCH3 is 1. The van der Waals surface area contributed by atoms with Crippen LogP contribution in [0.1, 0.15) is 10.4 Å². The number of hydrogen-bond donors (Lipinski definition) is 0. The van der Waals surface area contributed by atoms with E-state index in [2.05, 4.69) is 0 Å². The van der Waals surface area contributed by atoms with E-state index in [-0.39, 0.29) is 17.0 Å². The van der Waals surface area contributed by atoms with Gasteiger partial charge in [0.15, 0.2) is 9.84 Å². The zero-order valence-electron chi connectivity index (χ0n) is 14.3. The molecule has 0 saturated heterocycles. The van der Waals surface area contributed by atoms with E-state index in [1.807, 2.05) is 0 Å². The molecule has 0 aromatic heterocycles. The van der Waals surface area contributed by atoms with E-state index in [1.165, 1.54) is 42.4 Å². The Labute approximate surface area is 155 Å². The lowest BCUT2D eigenvalue weighted by molar-refractivity contribution is -0.384. The molecule has 0 N–H and O–H groups in total. The first kappa shape index (κ1) is 18.6. The molecule has 1 aliphatic heterocycles. The molecule has 0 aliphatic carbocycles. The van der Waals surface area contributed by atoms with Gasteiger partial charge in [0, 0.05) is 28.8 Å². The van der Waals surface area contributed by atoms with Crippen molar-refractivity contribution in [2.45, 2.75) is 6.04 Å². The molecular weight excluding hydrogens is 372 g/mol. The molecule has 8 nitrogen and oxygen atoms in total. The van der Waals surface area contributed by atoms with Gasteiger partial charge in [0.1, 0.15) is 5.75 Å². The molecule has 1 atom stereocenters. The van der Waals surface area contributed by atoms with Crippen molar-refractivity contribution in [2.75, 3.05) is 17.8 Å². The van der Waals surface area contributed by atoms with Crippen LogP contribution in [0.15, 0.2) is 60.0 Å². The number of anilines is 1. The lowest BCUT2D eigenvalue weighted by atomic mass is 10.1. The van der Waals surface area contributed by atoms with Crippen LogP contribution in [0.2, 0.25) is 0 Å². The predicted molar refractivity (Wildman–Crippen MR) is 99.6 cm³/mol. The molecule has 140 valence electrons. The number of ether oxygens (including phenoxy) is 1. The molecule has 3 rings (SSSR count). The van der Waals surface area contributed by atoms with E-state index < -0.39 is 26.7 Å². The standard InChI is InChI=1S/C18H16N2O6S/c1-26-17-7-5-14(6-8-17)19(16-9-10-27(24,25)12-16)18(21)13-3-2-4-15(11-13)20(22)23/h2-11,16H,12H2,1H3. The maximum absolute atomic E-state index is 13.1. The molecule has 1 aliphatic rings. The molecule has 9 heteroatoms. The summed E-state index contributed by atoms with van der Waals surface area (Å²) < 4.78 is 28.8. The monoisotopic (exact) mass is 388 g/mol. The molecule has 2 aromatic carbocycles. The number of hydrogen-bond acceptors (Lipinski definition) is 6. The van der Waals surface area contributed by atoms with Gasteiger partial charge < -0.3 is 9.64 Å². The topological polar surface area (TPSA) is 107 Å². The van der Waals surface area contributed by atoms with Crippen molar-refractivity contribution in [3.05, 3.63) is 75.7 Å². The second kappa shape index (κ2) is 7.20.